The Bertz CT molecular complexity index is 572. The van der Waals surface area contributed by atoms with E-state index in [1.807, 2.05) is 18.7 Å². The van der Waals surface area contributed by atoms with E-state index >= 15 is 0 Å². The van der Waals surface area contributed by atoms with Gasteiger partial charge in [0.1, 0.15) is 11.4 Å². The van der Waals surface area contributed by atoms with E-state index < -0.39 is 4.92 Å². The first kappa shape index (κ1) is 17.6. The molecule has 0 heterocycles. The quantitative estimate of drug-likeness (QED) is 0.453. The number of rotatable bonds is 8. The molecule has 120 valence electrons. The Hall–Kier alpha value is -2.41. The smallest absolute Gasteiger partial charge is 0.296 e. The molecular weight excluding hydrogens is 286 g/mol. The number of carbonyl (C=O) groups is 1. The largest absolute Gasteiger partial charge is 0.496 e. The number of nitro benzene ring substituents is 1. The summed E-state index contributed by atoms with van der Waals surface area (Å²) in [6, 6.07) is 4.30. The maximum Gasteiger partial charge on any atom is 0.296 e. The minimum Gasteiger partial charge on any atom is -0.496 e. The fourth-order valence-electron chi connectivity index (χ4n) is 1.95. The number of carbonyl (C=O) groups excluding carboxylic acids is 1. The number of nitro groups is 1. The van der Waals surface area contributed by atoms with Crippen LogP contribution in [0.15, 0.2) is 30.4 Å². The van der Waals surface area contributed by atoms with Crippen molar-refractivity contribution in [2.45, 2.75) is 13.8 Å². The second-order valence-electron chi connectivity index (χ2n) is 4.95. The minimum atomic E-state index is -0.552. The Labute approximate surface area is 129 Å². The summed E-state index contributed by atoms with van der Waals surface area (Å²) in [5, 5.41) is 13.6. The number of nitrogens with one attached hydrogen (secondary N) is 1. The predicted octanol–water partition coefficient (Wildman–Crippen LogP) is 2.44. The Balaban J connectivity index is 2.83. The van der Waals surface area contributed by atoms with E-state index in [0.29, 0.717) is 18.8 Å². The molecule has 7 heteroatoms. The Morgan fingerprint density at radius 2 is 2.14 bits per heavy atom. The van der Waals surface area contributed by atoms with Crippen LogP contribution >= 0.6 is 0 Å². The second-order valence-corrected chi connectivity index (χ2v) is 4.95. The van der Waals surface area contributed by atoms with Gasteiger partial charge in [-0.3, -0.25) is 19.8 Å². The lowest BCUT2D eigenvalue weighted by Crippen LogP contribution is -2.34. The molecule has 0 aliphatic rings. The van der Waals surface area contributed by atoms with E-state index in [1.165, 1.54) is 19.2 Å². The lowest BCUT2D eigenvalue weighted by atomic mass is 10.2. The minimum absolute atomic E-state index is 0.145. The van der Waals surface area contributed by atoms with Gasteiger partial charge in [0, 0.05) is 6.54 Å². The van der Waals surface area contributed by atoms with Crippen molar-refractivity contribution in [2.75, 3.05) is 32.1 Å². The van der Waals surface area contributed by atoms with Crippen LogP contribution in [0.3, 0.4) is 0 Å². The highest BCUT2D eigenvalue weighted by Crippen LogP contribution is 2.28. The summed E-state index contributed by atoms with van der Waals surface area (Å²) in [5.74, 6) is 0.0542. The van der Waals surface area contributed by atoms with Gasteiger partial charge in [0.2, 0.25) is 5.91 Å². The number of nitrogens with zero attached hydrogens (tertiary/aromatic N) is 2. The molecule has 0 radical (unpaired) electrons. The monoisotopic (exact) mass is 307 g/mol. The van der Waals surface area contributed by atoms with Crippen LogP contribution in [0, 0.1) is 10.1 Å². The molecule has 0 bridgehead atoms. The number of hydrogen-bond acceptors (Lipinski definition) is 5. The molecule has 0 saturated carbocycles. The fourth-order valence-corrected chi connectivity index (χ4v) is 1.95. The van der Waals surface area contributed by atoms with Crippen molar-refractivity contribution in [3.63, 3.8) is 0 Å². The van der Waals surface area contributed by atoms with Gasteiger partial charge in [-0.1, -0.05) is 19.1 Å². The van der Waals surface area contributed by atoms with Crippen LogP contribution in [0.1, 0.15) is 13.8 Å². The summed E-state index contributed by atoms with van der Waals surface area (Å²) in [6.45, 7) is 9.07. The Morgan fingerprint density at radius 1 is 1.45 bits per heavy atom. The Morgan fingerprint density at radius 3 is 2.64 bits per heavy atom. The van der Waals surface area contributed by atoms with Gasteiger partial charge >= 0.3 is 0 Å². The molecule has 22 heavy (non-hydrogen) atoms. The standard InChI is InChI=1S/C15H21N3O4/c1-5-17(9-11(2)3)10-15(19)16-13-7-6-12(22-4)8-14(13)18(20)21/h6-8H,2,5,9-10H2,1,3-4H3,(H,16,19). The summed E-state index contributed by atoms with van der Waals surface area (Å²) in [7, 11) is 1.42. The third-order valence-corrected chi connectivity index (χ3v) is 2.98. The first-order valence-corrected chi connectivity index (χ1v) is 6.86. The van der Waals surface area contributed by atoms with Crippen molar-refractivity contribution in [3.8, 4) is 5.75 Å². The van der Waals surface area contributed by atoms with E-state index in [2.05, 4.69) is 11.9 Å². The van der Waals surface area contributed by atoms with Crippen molar-refractivity contribution < 1.29 is 14.5 Å². The number of likely N-dealkylation sites (N-methyl/N-ethyl adjacent to an activating group) is 1. The highest BCUT2D eigenvalue weighted by Gasteiger charge is 2.18. The van der Waals surface area contributed by atoms with Gasteiger partial charge < -0.3 is 10.1 Å². The molecule has 0 fully saturated rings. The molecule has 0 unspecified atom stereocenters. The van der Waals surface area contributed by atoms with Gasteiger partial charge in [-0.15, -0.1) is 0 Å². The van der Waals surface area contributed by atoms with Gasteiger partial charge in [0.05, 0.1) is 24.6 Å². The molecule has 0 saturated heterocycles. The molecule has 0 aliphatic carbocycles. The van der Waals surface area contributed by atoms with E-state index in [-0.39, 0.29) is 23.8 Å². The van der Waals surface area contributed by atoms with Crippen molar-refractivity contribution in [1.82, 2.24) is 4.90 Å². The predicted molar refractivity (Wildman–Crippen MR) is 85.2 cm³/mol. The maximum atomic E-state index is 12.1. The molecular formula is C15H21N3O4. The number of benzene rings is 1. The lowest BCUT2D eigenvalue weighted by Gasteiger charge is -2.19. The summed E-state index contributed by atoms with van der Waals surface area (Å²) in [6.07, 6.45) is 0. The molecule has 0 aromatic heterocycles. The zero-order valence-electron chi connectivity index (χ0n) is 13.1. The van der Waals surface area contributed by atoms with Crippen LogP contribution in [0.25, 0.3) is 0 Å². The van der Waals surface area contributed by atoms with Crippen LogP contribution in [0.4, 0.5) is 11.4 Å². The van der Waals surface area contributed by atoms with Crippen molar-refractivity contribution in [3.05, 3.63) is 40.5 Å². The summed E-state index contributed by atoms with van der Waals surface area (Å²) >= 11 is 0. The first-order chi connectivity index (χ1) is 10.4. The average molecular weight is 307 g/mol. The maximum absolute atomic E-state index is 12.1. The van der Waals surface area contributed by atoms with Crippen LogP contribution in [-0.4, -0.2) is 42.5 Å². The molecule has 1 aromatic carbocycles. The SMILES string of the molecule is C=C(C)CN(CC)CC(=O)Nc1ccc(OC)cc1[N+](=O)[O-]. The molecule has 7 nitrogen and oxygen atoms in total. The highest BCUT2D eigenvalue weighted by atomic mass is 16.6. The van der Waals surface area contributed by atoms with Gasteiger partial charge in [-0.2, -0.15) is 0 Å². The number of methoxy groups -OCH3 is 1. The average Bonchev–Trinajstić information content (AvgIpc) is 2.46. The van der Waals surface area contributed by atoms with Crippen LogP contribution in [0.5, 0.6) is 5.75 Å². The normalized spacial score (nSPS) is 10.4. The van der Waals surface area contributed by atoms with E-state index in [0.717, 1.165) is 5.57 Å². The topological polar surface area (TPSA) is 84.7 Å². The van der Waals surface area contributed by atoms with Gasteiger partial charge in [0.25, 0.3) is 5.69 Å². The zero-order valence-corrected chi connectivity index (χ0v) is 13.1. The van der Waals surface area contributed by atoms with Crippen LogP contribution in [-0.2, 0) is 4.79 Å². The summed E-state index contributed by atoms with van der Waals surface area (Å²) in [4.78, 5) is 24.5. The van der Waals surface area contributed by atoms with Crippen LogP contribution in [0.2, 0.25) is 0 Å². The molecule has 1 aromatic rings. The number of ether oxygens (including phenoxy) is 1. The van der Waals surface area contributed by atoms with Crippen LogP contribution < -0.4 is 10.1 Å². The van der Waals surface area contributed by atoms with Gasteiger partial charge in [0.15, 0.2) is 0 Å². The molecule has 1 amide bonds. The van der Waals surface area contributed by atoms with Crippen molar-refractivity contribution >= 4 is 17.3 Å². The first-order valence-electron chi connectivity index (χ1n) is 6.86. The zero-order chi connectivity index (χ0) is 16.7. The molecule has 1 rings (SSSR count). The molecule has 0 aliphatic heterocycles. The molecule has 0 atom stereocenters. The number of hydrogen-bond donors (Lipinski definition) is 1. The number of anilines is 1. The summed E-state index contributed by atoms with van der Waals surface area (Å²) < 4.78 is 4.96. The third-order valence-electron chi connectivity index (χ3n) is 2.98. The van der Waals surface area contributed by atoms with Crippen molar-refractivity contribution in [1.29, 1.82) is 0 Å². The lowest BCUT2D eigenvalue weighted by molar-refractivity contribution is -0.384. The van der Waals surface area contributed by atoms with E-state index in [9.17, 15) is 14.9 Å². The van der Waals surface area contributed by atoms with E-state index in [1.54, 1.807) is 6.07 Å². The fraction of sp³-hybridized carbons (Fsp3) is 0.400. The van der Waals surface area contributed by atoms with Gasteiger partial charge in [-0.25, -0.2) is 0 Å². The summed E-state index contributed by atoms with van der Waals surface area (Å²) in [5.41, 5.74) is 0.905. The number of amides is 1. The highest BCUT2D eigenvalue weighted by molar-refractivity contribution is 5.94. The Kier molecular flexibility index (Phi) is 6.52. The van der Waals surface area contributed by atoms with Gasteiger partial charge in [-0.05, 0) is 25.6 Å². The third kappa shape index (κ3) is 5.17. The molecule has 1 N–H and O–H groups in total. The molecule has 0 spiro atoms. The second kappa shape index (κ2) is 8.14. The van der Waals surface area contributed by atoms with Crippen molar-refractivity contribution in [2.24, 2.45) is 0 Å². The van der Waals surface area contributed by atoms with E-state index in [4.69, 9.17) is 4.74 Å².